The Morgan fingerprint density at radius 3 is 2.72 bits per heavy atom. The molecule has 0 bridgehead atoms. The predicted octanol–water partition coefficient (Wildman–Crippen LogP) is 2.19. The van der Waals surface area contributed by atoms with Gasteiger partial charge in [0.15, 0.2) is 0 Å². The van der Waals surface area contributed by atoms with Gasteiger partial charge in [0, 0.05) is 32.5 Å². The number of aromatic hydroxyl groups is 2. The molecule has 146 valence electrons. The summed E-state index contributed by atoms with van der Waals surface area (Å²) in [4.78, 5) is 29.4. The minimum atomic E-state index is -0.719. The molecule has 8 heteroatoms. The zero-order chi connectivity index (χ0) is 21.0. The van der Waals surface area contributed by atoms with E-state index < -0.39 is 5.91 Å². The molecule has 29 heavy (non-hydrogen) atoms. The van der Waals surface area contributed by atoms with Crippen LogP contribution in [-0.4, -0.2) is 27.3 Å². The van der Waals surface area contributed by atoms with Gasteiger partial charge in [0.2, 0.25) is 5.88 Å². The highest BCUT2D eigenvalue weighted by atomic mass is 127. The van der Waals surface area contributed by atoms with Gasteiger partial charge in [-0.05, 0) is 58.3 Å². The predicted molar refractivity (Wildman–Crippen MR) is 119 cm³/mol. The van der Waals surface area contributed by atoms with Gasteiger partial charge in [-0.15, -0.1) is 0 Å². The molecule has 0 fully saturated rings. The Bertz CT molecular complexity index is 1250. The standard InChI is InChI=1S/C21H16IN3O4/c22-14-6-7-15-16(9-14)17(21(29)25-20(15)28)11-24-10-12-4-5-13(18(26)8-12)2-1-3-19(23)27/h4-9,11,26H,2,10H2,(H2,23,27)(H2,25,28,29). The fourth-order valence-electron chi connectivity index (χ4n) is 2.76. The maximum absolute atomic E-state index is 12.0. The van der Waals surface area contributed by atoms with E-state index in [4.69, 9.17) is 5.73 Å². The van der Waals surface area contributed by atoms with Crippen molar-refractivity contribution in [3.8, 4) is 23.5 Å². The highest BCUT2D eigenvalue weighted by molar-refractivity contribution is 14.1. The quantitative estimate of drug-likeness (QED) is 0.248. The molecule has 1 aromatic heterocycles. The zero-order valence-corrected chi connectivity index (χ0v) is 17.2. The number of phenols is 1. The number of carbonyl (C=O) groups excluding carboxylic acids is 1. The molecule has 0 radical (unpaired) electrons. The van der Waals surface area contributed by atoms with Gasteiger partial charge in [-0.1, -0.05) is 18.1 Å². The molecule has 0 saturated heterocycles. The molecule has 1 amide bonds. The summed E-state index contributed by atoms with van der Waals surface area (Å²) in [5, 5.41) is 21.3. The van der Waals surface area contributed by atoms with E-state index in [0.717, 1.165) is 9.13 Å². The van der Waals surface area contributed by atoms with Gasteiger partial charge in [-0.25, -0.2) is 0 Å². The van der Waals surface area contributed by atoms with Crippen LogP contribution in [0.25, 0.3) is 10.8 Å². The Morgan fingerprint density at radius 1 is 1.21 bits per heavy atom. The molecule has 0 aliphatic rings. The number of aliphatic imine (C=N–C) groups is 1. The number of H-pyrrole nitrogens is 1. The van der Waals surface area contributed by atoms with E-state index in [1.165, 1.54) is 6.21 Å². The van der Waals surface area contributed by atoms with Crippen molar-refractivity contribution in [3.05, 3.63) is 67.0 Å². The minimum absolute atomic E-state index is 0.0448. The number of hydrogen-bond donors (Lipinski definition) is 4. The van der Waals surface area contributed by atoms with Gasteiger partial charge in [0.05, 0.1) is 12.1 Å². The number of aromatic amines is 1. The van der Waals surface area contributed by atoms with Crippen molar-refractivity contribution in [2.24, 2.45) is 10.7 Å². The Morgan fingerprint density at radius 2 is 2.00 bits per heavy atom. The van der Waals surface area contributed by atoms with Gasteiger partial charge in [0.1, 0.15) is 5.75 Å². The van der Waals surface area contributed by atoms with Gasteiger partial charge in [-0.3, -0.25) is 19.6 Å². The molecular formula is C21H16IN3O4. The average Bonchev–Trinajstić information content (AvgIpc) is 2.65. The van der Waals surface area contributed by atoms with Crippen LogP contribution in [0.15, 0.2) is 46.2 Å². The number of fused-ring (bicyclic) bond motifs is 1. The Balaban J connectivity index is 1.83. The van der Waals surface area contributed by atoms with Crippen molar-refractivity contribution in [2.45, 2.75) is 13.0 Å². The van der Waals surface area contributed by atoms with Crippen LogP contribution < -0.4 is 11.3 Å². The molecule has 0 unspecified atom stereocenters. The van der Waals surface area contributed by atoms with E-state index in [1.807, 2.05) is 6.07 Å². The number of nitrogens with zero attached hydrogens (tertiary/aromatic N) is 1. The van der Waals surface area contributed by atoms with E-state index in [9.17, 15) is 19.8 Å². The van der Waals surface area contributed by atoms with Crippen LogP contribution in [0.4, 0.5) is 0 Å². The Hall–Kier alpha value is -3.32. The summed E-state index contributed by atoms with van der Waals surface area (Å²) in [5.74, 6) is 3.88. The molecule has 0 spiro atoms. The normalized spacial score (nSPS) is 10.8. The van der Waals surface area contributed by atoms with Crippen LogP contribution in [0, 0.1) is 15.4 Å². The number of hydrogen-bond acceptors (Lipinski definition) is 5. The van der Waals surface area contributed by atoms with Crippen molar-refractivity contribution in [2.75, 3.05) is 0 Å². The first kappa shape index (κ1) is 20.4. The van der Waals surface area contributed by atoms with E-state index in [2.05, 4.69) is 44.4 Å². The molecule has 0 aliphatic carbocycles. The molecule has 0 atom stereocenters. The van der Waals surface area contributed by atoms with Crippen molar-refractivity contribution in [1.82, 2.24) is 4.98 Å². The second-order valence-corrected chi connectivity index (χ2v) is 7.43. The summed E-state index contributed by atoms with van der Waals surface area (Å²) < 4.78 is 0.926. The number of phenolic OH excluding ortho intramolecular Hbond substituents is 1. The summed E-state index contributed by atoms with van der Waals surface area (Å²) in [7, 11) is 0. The Kier molecular flexibility index (Phi) is 6.19. The molecule has 0 aliphatic heterocycles. The van der Waals surface area contributed by atoms with Crippen LogP contribution in [0.1, 0.15) is 16.7 Å². The number of primary amides is 1. The number of rotatable bonds is 4. The maximum atomic E-state index is 12.0. The van der Waals surface area contributed by atoms with Crippen molar-refractivity contribution >= 4 is 45.5 Å². The molecule has 7 nitrogen and oxygen atoms in total. The number of aromatic nitrogens is 1. The van der Waals surface area contributed by atoms with Gasteiger partial charge < -0.3 is 15.9 Å². The lowest BCUT2D eigenvalue weighted by atomic mass is 10.1. The molecule has 2 aromatic carbocycles. The van der Waals surface area contributed by atoms with Gasteiger partial charge in [-0.2, -0.15) is 0 Å². The van der Waals surface area contributed by atoms with E-state index in [0.29, 0.717) is 21.9 Å². The van der Waals surface area contributed by atoms with Crippen LogP contribution >= 0.6 is 22.6 Å². The summed E-state index contributed by atoms with van der Waals surface area (Å²) in [6.07, 6.45) is 1.70. The van der Waals surface area contributed by atoms with Crippen molar-refractivity contribution < 1.29 is 15.0 Å². The smallest absolute Gasteiger partial charge is 0.293 e. The average molecular weight is 501 g/mol. The molecule has 0 saturated carbocycles. The van der Waals surface area contributed by atoms with Gasteiger partial charge in [0.25, 0.3) is 11.5 Å². The SMILES string of the molecule is NC(=O)C#CCc1ccc(CN=Cc2c(O)[nH]c(=O)c3ccc(I)cc23)cc1O. The number of carbonyl (C=O) groups is 1. The fourth-order valence-corrected chi connectivity index (χ4v) is 3.26. The first-order valence-electron chi connectivity index (χ1n) is 8.48. The van der Waals surface area contributed by atoms with E-state index >= 15 is 0 Å². The van der Waals surface area contributed by atoms with E-state index in [-0.39, 0.29) is 30.2 Å². The topological polar surface area (TPSA) is 129 Å². The number of amides is 1. The second kappa shape index (κ2) is 8.79. The van der Waals surface area contributed by atoms with Crippen molar-refractivity contribution in [3.63, 3.8) is 0 Å². The lowest BCUT2D eigenvalue weighted by Gasteiger charge is -2.06. The van der Waals surface area contributed by atoms with Crippen molar-refractivity contribution in [1.29, 1.82) is 0 Å². The molecule has 3 rings (SSSR count). The lowest BCUT2D eigenvalue weighted by Crippen LogP contribution is -2.08. The zero-order valence-electron chi connectivity index (χ0n) is 15.1. The van der Waals surface area contributed by atoms with Gasteiger partial charge >= 0.3 is 0 Å². The third kappa shape index (κ3) is 4.94. The number of nitrogens with one attached hydrogen (secondary N) is 1. The number of nitrogens with two attached hydrogens (primary N) is 1. The lowest BCUT2D eigenvalue weighted by molar-refractivity contribution is -0.112. The largest absolute Gasteiger partial charge is 0.508 e. The monoisotopic (exact) mass is 501 g/mol. The Labute approximate surface area is 179 Å². The third-order valence-electron chi connectivity index (χ3n) is 4.14. The first-order chi connectivity index (χ1) is 13.8. The minimum Gasteiger partial charge on any atom is -0.508 e. The molecule has 3 aromatic rings. The summed E-state index contributed by atoms with van der Waals surface area (Å²) in [5.41, 5.74) is 6.32. The molecular weight excluding hydrogens is 485 g/mol. The highest BCUT2D eigenvalue weighted by Gasteiger charge is 2.10. The highest BCUT2D eigenvalue weighted by Crippen LogP contribution is 2.23. The fraction of sp³-hybridized carbons (Fsp3) is 0.0952. The van der Waals surface area contributed by atoms with Crippen LogP contribution in [0.2, 0.25) is 0 Å². The maximum Gasteiger partial charge on any atom is 0.293 e. The molecule has 1 heterocycles. The number of halogens is 1. The molecule has 5 N–H and O–H groups in total. The van der Waals surface area contributed by atoms with Crippen LogP contribution in [0.3, 0.4) is 0 Å². The first-order valence-corrected chi connectivity index (χ1v) is 9.56. The summed E-state index contributed by atoms with van der Waals surface area (Å²) >= 11 is 2.13. The second-order valence-electron chi connectivity index (χ2n) is 6.18. The summed E-state index contributed by atoms with van der Waals surface area (Å²) in [6, 6.07) is 10.4. The number of pyridine rings is 1. The van der Waals surface area contributed by atoms with Crippen LogP contribution in [-0.2, 0) is 17.8 Å². The number of benzene rings is 2. The van der Waals surface area contributed by atoms with E-state index in [1.54, 1.807) is 30.3 Å². The third-order valence-corrected chi connectivity index (χ3v) is 4.81. The summed E-state index contributed by atoms with van der Waals surface area (Å²) in [6.45, 7) is 0.255. The van der Waals surface area contributed by atoms with Crippen LogP contribution in [0.5, 0.6) is 11.6 Å².